The van der Waals surface area contributed by atoms with E-state index in [0.717, 1.165) is 5.69 Å². The van der Waals surface area contributed by atoms with E-state index in [9.17, 15) is 14.4 Å². The zero-order valence-corrected chi connectivity index (χ0v) is 16.3. The van der Waals surface area contributed by atoms with Gasteiger partial charge in [0.1, 0.15) is 0 Å². The molecular weight excluding hydrogens is 340 g/mol. The Balaban J connectivity index is 1.97. The lowest BCUT2D eigenvalue weighted by Gasteiger charge is -2.21. The number of carbonyl (C=O) groups is 3. The summed E-state index contributed by atoms with van der Waals surface area (Å²) in [6.45, 7) is 7.46. The Bertz CT molecular complexity index is 808. The highest BCUT2D eigenvalue weighted by atomic mass is 16.2. The molecule has 0 aliphatic heterocycles. The number of rotatable bonds is 7. The van der Waals surface area contributed by atoms with Crippen LogP contribution >= 0.6 is 0 Å². The van der Waals surface area contributed by atoms with Crippen LogP contribution in [0.25, 0.3) is 0 Å². The quantitative estimate of drug-likeness (QED) is 0.739. The maximum absolute atomic E-state index is 12.2. The number of benzene rings is 2. The van der Waals surface area contributed by atoms with Gasteiger partial charge in [0.25, 0.3) is 0 Å². The molecule has 0 bridgehead atoms. The third-order valence-corrected chi connectivity index (χ3v) is 4.39. The van der Waals surface area contributed by atoms with Crippen LogP contribution in [-0.4, -0.2) is 24.1 Å². The van der Waals surface area contributed by atoms with Crippen LogP contribution in [0.15, 0.2) is 48.5 Å². The summed E-state index contributed by atoms with van der Waals surface area (Å²) in [6.07, 6.45) is 0.181. The minimum Gasteiger partial charge on any atom is -0.326 e. The second kappa shape index (κ2) is 9.12. The molecule has 0 spiro atoms. The van der Waals surface area contributed by atoms with Crippen molar-refractivity contribution in [1.29, 1.82) is 0 Å². The second-order valence-corrected chi connectivity index (χ2v) is 6.85. The molecule has 2 amide bonds. The van der Waals surface area contributed by atoms with Crippen molar-refractivity contribution in [3.05, 3.63) is 59.7 Å². The van der Waals surface area contributed by atoms with Crippen LogP contribution in [0.3, 0.4) is 0 Å². The highest BCUT2D eigenvalue weighted by Crippen LogP contribution is 2.18. The zero-order chi connectivity index (χ0) is 20.0. The van der Waals surface area contributed by atoms with Crippen molar-refractivity contribution in [3.8, 4) is 0 Å². The van der Waals surface area contributed by atoms with E-state index in [4.69, 9.17) is 0 Å². The number of anilines is 2. The lowest BCUT2D eigenvalue weighted by atomic mass is 10.0. The third kappa shape index (κ3) is 5.78. The van der Waals surface area contributed by atoms with Gasteiger partial charge in [-0.3, -0.25) is 14.4 Å². The summed E-state index contributed by atoms with van der Waals surface area (Å²) in [5.74, 6) is 0.102. The first kappa shape index (κ1) is 20.4. The van der Waals surface area contributed by atoms with Gasteiger partial charge in [-0.2, -0.15) is 0 Å². The molecule has 2 aromatic rings. The van der Waals surface area contributed by atoms with Crippen LogP contribution < -0.4 is 10.2 Å². The maximum Gasteiger partial charge on any atom is 0.226 e. The van der Waals surface area contributed by atoms with Crippen molar-refractivity contribution in [2.24, 2.45) is 0 Å². The molecular formula is C22H26N2O3. The lowest BCUT2D eigenvalue weighted by Crippen LogP contribution is -2.32. The van der Waals surface area contributed by atoms with Crippen LogP contribution in [0.1, 0.15) is 56.0 Å². The van der Waals surface area contributed by atoms with Crippen molar-refractivity contribution in [1.82, 2.24) is 0 Å². The fourth-order valence-corrected chi connectivity index (χ4v) is 2.73. The van der Waals surface area contributed by atoms with Gasteiger partial charge in [-0.25, -0.2) is 0 Å². The monoisotopic (exact) mass is 366 g/mol. The molecule has 1 N–H and O–H groups in total. The van der Waals surface area contributed by atoms with Crippen LogP contribution in [0, 0.1) is 0 Å². The average Bonchev–Trinajstić information content (AvgIpc) is 2.62. The third-order valence-electron chi connectivity index (χ3n) is 4.39. The number of Topliss-reactive ketones (excluding diaryl/α,β-unsaturated/α-hetero) is 1. The summed E-state index contributed by atoms with van der Waals surface area (Å²) in [5, 5.41) is 2.86. The normalized spacial score (nSPS) is 10.6. The average molecular weight is 366 g/mol. The summed E-state index contributed by atoms with van der Waals surface area (Å²) < 4.78 is 0. The number of hydrogen-bond acceptors (Lipinski definition) is 3. The maximum atomic E-state index is 12.2. The molecule has 0 aliphatic rings. The molecule has 0 heterocycles. The number of amides is 2. The Morgan fingerprint density at radius 1 is 0.926 bits per heavy atom. The molecule has 0 saturated carbocycles. The second-order valence-electron chi connectivity index (χ2n) is 6.85. The first-order valence-electron chi connectivity index (χ1n) is 9.07. The van der Waals surface area contributed by atoms with Crippen molar-refractivity contribution in [3.63, 3.8) is 0 Å². The summed E-state index contributed by atoms with van der Waals surface area (Å²) in [4.78, 5) is 37.1. The van der Waals surface area contributed by atoms with E-state index in [1.807, 2.05) is 24.3 Å². The number of nitrogens with one attached hydrogen (secondary N) is 1. The van der Waals surface area contributed by atoms with Gasteiger partial charge in [-0.15, -0.1) is 0 Å². The first-order valence-corrected chi connectivity index (χ1v) is 9.07. The van der Waals surface area contributed by atoms with Gasteiger partial charge in [0.2, 0.25) is 11.8 Å². The van der Waals surface area contributed by atoms with Crippen LogP contribution in [-0.2, 0) is 9.59 Å². The number of carbonyl (C=O) groups excluding carboxylic acids is 3. The standard InChI is InChI=1S/C22H26N2O3/c1-15(2)18-5-9-20(10-6-18)23-22(27)13-14-24(17(4)26)21-11-7-19(8-12-21)16(3)25/h5-12,15H,13-14H2,1-4H3,(H,23,27). The van der Waals surface area contributed by atoms with Gasteiger partial charge in [0, 0.05) is 36.8 Å². The van der Waals surface area contributed by atoms with Gasteiger partial charge in [-0.05, 0) is 54.8 Å². The Morgan fingerprint density at radius 2 is 1.52 bits per heavy atom. The van der Waals surface area contributed by atoms with Gasteiger partial charge in [0.05, 0.1) is 0 Å². The molecule has 142 valence electrons. The van der Waals surface area contributed by atoms with Crippen molar-refractivity contribution >= 4 is 29.0 Å². The zero-order valence-electron chi connectivity index (χ0n) is 16.3. The predicted molar refractivity (Wildman–Crippen MR) is 108 cm³/mol. The largest absolute Gasteiger partial charge is 0.326 e. The Morgan fingerprint density at radius 3 is 2.00 bits per heavy atom. The van der Waals surface area contributed by atoms with Crippen molar-refractivity contribution in [2.75, 3.05) is 16.8 Å². The molecule has 5 heteroatoms. The fraction of sp³-hybridized carbons (Fsp3) is 0.318. The molecule has 2 aromatic carbocycles. The van der Waals surface area contributed by atoms with E-state index in [-0.39, 0.29) is 30.6 Å². The number of ketones is 1. The minimum absolute atomic E-state index is 0.0289. The van der Waals surface area contributed by atoms with E-state index in [1.165, 1.54) is 24.3 Å². The van der Waals surface area contributed by atoms with E-state index >= 15 is 0 Å². The summed E-state index contributed by atoms with van der Waals surface area (Å²) in [6, 6.07) is 14.6. The molecule has 5 nitrogen and oxygen atoms in total. The van der Waals surface area contributed by atoms with Crippen LogP contribution in [0.5, 0.6) is 0 Å². The Hall–Kier alpha value is -2.95. The molecule has 0 unspecified atom stereocenters. The van der Waals surface area contributed by atoms with E-state index in [2.05, 4.69) is 19.2 Å². The Kier molecular flexibility index (Phi) is 6.88. The molecule has 0 fully saturated rings. The van der Waals surface area contributed by atoms with E-state index in [1.54, 1.807) is 24.3 Å². The topological polar surface area (TPSA) is 66.5 Å². The van der Waals surface area contributed by atoms with Crippen LogP contribution in [0.4, 0.5) is 11.4 Å². The molecule has 0 aliphatic carbocycles. The molecule has 0 atom stereocenters. The van der Waals surface area contributed by atoms with E-state index < -0.39 is 0 Å². The smallest absolute Gasteiger partial charge is 0.226 e. The van der Waals surface area contributed by atoms with Crippen molar-refractivity contribution < 1.29 is 14.4 Å². The Labute approximate surface area is 160 Å². The number of hydrogen-bond donors (Lipinski definition) is 1. The lowest BCUT2D eigenvalue weighted by molar-refractivity contribution is -0.117. The summed E-state index contributed by atoms with van der Waals surface area (Å²) >= 11 is 0. The van der Waals surface area contributed by atoms with Crippen molar-refractivity contribution in [2.45, 2.75) is 40.0 Å². The molecule has 2 rings (SSSR count). The van der Waals surface area contributed by atoms with Gasteiger partial charge in [0.15, 0.2) is 5.78 Å². The first-order chi connectivity index (χ1) is 12.8. The summed E-state index contributed by atoms with van der Waals surface area (Å²) in [5.41, 5.74) is 3.21. The highest BCUT2D eigenvalue weighted by Gasteiger charge is 2.14. The predicted octanol–water partition coefficient (Wildman–Crippen LogP) is 4.39. The van der Waals surface area contributed by atoms with E-state index in [0.29, 0.717) is 17.2 Å². The van der Waals surface area contributed by atoms with Gasteiger partial charge >= 0.3 is 0 Å². The van der Waals surface area contributed by atoms with Crippen LogP contribution in [0.2, 0.25) is 0 Å². The highest BCUT2D eigenvalue weighted by molar-refractivity contribution is 5.97. The van der Waals surface area contributed by atoms with Gasteiger partial charge in [-0.1, -0.05) is 26.0 Å². The molecule has 0 saturated heterocycles. The number of nitrogens with zero attached hydrogens (tertiary/aromatic N) is 1. The molecule has 0 aromatic heterocycles. The van der Waals surface area contributed by atoms with Gasteiger partial charge < -0.3 is 10.2 Å². The molecule has 0 radical (unpaired) electrons. The summed E-state index contributed by atoms with van der Waals surface area (Å²) in [7, 11) is 0. The minimum atomic E-state index is -0.154. The molecule has 27 heavy (non-hydrogen) atoms. The SMILES string of the molecule is CC(=O)c1ccc(N(CCC(=O)Nc2ccc(C(C)C)cc2)C(C)=O)cc1. The fourth-order valence-electron chi connectivity index (χ4n) is 2.73.